The first-order chi connectivity index (χ1) is 14.0. The minimum atomic E-state index is -0.193. The number of aromatic nitrogens is 1. The number of carbonyl (C=O) groups excluding carboxylic acids is 2. The zero-order chi connectivity index (χ0) is 20.4. The average molecular weight is 445 g/mol. The number of rotatable bonds is 6. The van der Waals surface area contributed by atoms with Gasteiger partial charge in [-0.05, 0) is 42.8 Å². The Morgan fingerprint density at radius 2 is 2.24 bits per heavy atom. The van der Waals surface area contributed by atoms with E-state index in [1.54, 1.807) is 19.2 Å². The third-order valence-electron chi connectivity index (χ3n) is 4.42. The molecule has 29 heavy (non-hydrogen) atoms. The van der Waals surface area contributed by atoms with Gasteiger partial charge in [-0.15, -0.1) is 22.7 Å². The Bertz CT molecular complexity index is 1090. The van der Waals surface area contributed by atoms with E-state index in [1.165, 1.54) is 28.7 Å². The van der Waals surface area contributed by atoms with Gasteiger partial charge in [0.05, 0.1) is 16.4 Å². The Morgan fingerprint density at radius 3 is 2.97 bits per heavy atom. The molecule has 0 saturated carbocycles. The number of hydrogen-bond donors (Lipinski definition) is 1. The van der Waals surface area contributed by atoms with Gasteiger partial charge in [0.2, 0.25) is 5.91 Å². The fraction of sp³-hybridized carbons (Fsp3) is 0.190. The molecule has 1 unspecified atom stereocenters. The minimum Gasteiger partial charge on any atom is -0.486 e. The number of thiazole rings is 1. The lowest BCUT2D eigenvalue weighted by atomic mass is 10.1. The maximum Gasteiger partial charge on any atom is 0.244 e. The second-order valence-corrected chi connectivity index (χ2v) is 8.98. The van der Waals surface area contributed by atoms with Crippen LogP contribution in [0.3, 0.4) is 0 Å². The van der Waals surface area contributed by atoms with Gasteiger partial charge in [0.15, 0.2) is 5.78 Å². The summed E-state index contributed by atoms with van der Waals surface area (Å²) < 4.78 is 5.94. The van der Waals surface area contributed by atoms with Crippen LogP contribution in [0.15, 0.2) is 41.9 Å². The van der Waals surface area contributed by atoms with E-state index in [0.717, 1.165) is 25.9 Å². The highest BCUT2D eigenvalue weighted by Crippen LogP contribution is 2.41. The molecule has 1 atom stereocenters. The van der Waals surface area contributed by atoms with Gasteiger partial charge in [-0.2, -0.15) is 0 Å². The average Bonchev–Trinajstić information content (AvgIpc) is 3.44. The number of nitrogens with zero attached hydrogens (tertiary/aromatic N) is 1. The van der Waals surface area contributed by atoms with Crippen LogP contribution in [0.4, 0.5) is 0 Å². The summed E-state index contributed by atoms with van der Waals surface area (Å²) in [6.07, 6.45) is 5.33. The van der Waals surface area contributed by atoms with Crippen LogP contribution in [-0.4, -0.2) is 29.3 Å². The molecule has 1 aromatic carbocycles. The lowest BCUT2D eigenvalue weighted by molar-refractivity contribution is -0.116. The van der Waals surface area contributed by atoms with Crippen LogP contribution in [0, 0.1) is 0 Å². The standard InChI is InChI=1S/C21H17ClN2O3S2/c1-12(25)17-2-3-18(29-17)13-8-14-9-15(27-21(14)16(22)10-13)11-24-19(26)4-5-20-23-6-7-28-20/h2-8,10,15H,9,11H2,1H3,(H,24,26)/b5-4+. The number of halogens is 1. The molecule has 0 radical (unpaired) electrons. The van der Waals surface area contributed by atoms with Gasteiger partial charge < -0.3 is 10.1 Å². The molecule has 148 valence electrons. The van der Waals surface area contributed by atoms with Crippen LogP contribution in [0.25, 0.3) is 16.5 Å². The van der Waals surface area contributed by atoms with Crippen molar-refractivity contribution in [2.75, 3.05) is 6.54 Å². The molecule has 1 N–H and O–H groups in total. The Balaban J connectivity index is 1.40. The first-order valence-electron chi connectivity index (χ1n) is 8.95. The molecule has 0 saturated heterocycles. The second kappa shape index (κ2) is 8.49. The first kappa shape index (κ1) is 19.8. The van der Waals surface area contributed by atoms with Crippen molar-refractivity contribution >= 4 is 52.0 Å². The summed E-state index contributed by atoms with van der Waals surface area (Å²) >= 11 is 9.36. The molecule has 0 spiro atoms. The van der Waals surface area contributed by atoms with E-state index in [1.807, 2.05) is 29.6 Å². The molecular formula is C21H17ClN2O3S2. The van der Waals surface area contributed by atoms with E-state index in [4.69, 9.17) is 16.3 Å². The van der Waals surface area contributed by atoms with Crippen LogP contribution >= 0.6 is 34.3 Å². The molecule has 3 heterocycles. The molecule has 8 heteroatoms. The Kier molecular flexibility index (Phi) is 5.80. The largest absolute Gasteiger partial charge is 0.486 e. The molecule has 4 rings (SSSR count). The van der Waals surface area contributed by atoms with Gasteiger partial charge in [0, 0.05) is 34.5 Å². The van der Waals surface area contributed by atoms with Crippen LogP contribution in [0.5, 0.6) is 5.75 Å². The number of nitrogens with one attached hydrogen (secondary N) is 1. The summed E-state index contributed by atoms with van der Waals surface area (Å²) in [5.41, 5.74) is 1.97. The lowest BCUT2D eigenvalue weighted by Gasteiger charge is -2.11. The van der Waals surface area contributed by atoms with Crippen molar-refractivity contribution in [1.29, 1.82) is 0 Å². The zero-order valence-corrected chi connectivity index (χ0v) is 17.9. The van der Waals surface area contributed by atoms with E-state index in [9.17, 15) is 9.59 Å². The molecule has 2 aromatic heterocycles. The molecule has 5 nitrogen and oxygen atoms in total. The van der Waals surface area contributed by atoms with Crippen molar-refractivity contribution in [3.05, 3.63) is 62.4 Å². The number of fused-ring (bicyclic) bond motifs is 1. The van der Waals surface area contributed by atoms with Crippen LogP contribution < -0.4 is 10.1 Å². The second-order valence-electron chi connectivity index (χ2n) is 6.56. The Morgan fingerprint density at radius 1 is 1.38 bits per heavy atom. The summed E-state index contributed by atoms with van der Waals surface area (Å²) in [5, 5.41) is 6.03. The summed E-state index contributed by atoms with van der Waals surface area (Å²) in [5.74, 6) is 0.523. The Hall–Kier alpha value is -2.48. The highest BCUT2D eigenvalue weighted by molar-refractivity contribution is 7.17. The van der Waals surface area contributed by atoms with Crippen molar-refractivity contribution in [2.45, 2.75) is 19.4 Å². The SMILES string of the molecule is CC(=O)c1ccc(-c2cc(Cl)c3c(c2)CC(CNC(=O)/C=C/c2nccs2)O3)s1. The number of thiophene rings is 1. The highest BCUT2D eigenvalue weighted by Gasteiger charge is 2.26. The normalized spacial score (nSPS) is 15.3. The van der Waals surface area contributed by atoms with Crippen LogP contribution in [0.1, 0.15) is 27.2 Å². The third-order valence-corrected chi connectivity index (χ3v) is 6.68. The van der Waals surface area contributed by atoms with Gasteiger partial charge in [-0.25, -0.2) is 4.98 Å². The van der Waals surface area contributed by atoms with Crippen molar-refractivity contribution in [2.24, 2.45) is 0 Å². The van der Waals surface area contributed by atoms with Gasteiger partial charge in [0.1, 0.15) is 16.9 Å². The molecule has 3 aromatic rings. The number of ketones is 1. The first-order valence-corrected chi connectivity index (χ1v) is 11.0. The minimum absolute atomic E-state index is 0.0524. The quantitative estimate of drug-likeness (QED) is 0.435. The van der Waals surface area contributed by atoms with Crippen molar-refractivity contribution < 1.29 is 14.3 Å². The predicted molar refractivity (Wildman–Crippen MR) is 117 cm³/mol. The van der Waals surface area contributed by atoms with E-state index in [0.29, 0.717) is 23.7 Å². The van der Waals surface area contributed by atoms with E-state index in [2.05, 4.69) is 10.3 Å². The number of ether oxygens (including phenoxy) is 1. The highest BCUT2D eigenvalue weighted by atomic mass is 35.5. The third kappa shape index (κ3) is 4.58. The van der Waals surface area contributed by atoms with E-state index >= 15 is 0 Å². The summed E-state index contributed by atoms with van der Waals surface area (Å²) in [6, 6.07) is 7.66. The molecule has 0 aliphatic carbocycles. The maximum absolute atomic E-state index is 12.0. The number of carbonyl (C=O) groups is 2. The smallest absolute Gasteiger partial charge is 0.244 e. The van der Waals surface area contributed by atoms with Crippen molar-refractivity contribution in [3.8, 4) is 16.2 Å². The van der Waals surface area contributed by atoms with E-state index < -0.39 is 0 Å². The summed E-state index contributed by atoms with van der Waals surface area (Å²) in [4.78, 5) is 29.4. The van der Waals surface area contributed by atoms with Gasteiger partial charge in [0.25, 0.3) is 0 Å². The lowest BCUT2D eigenvalue weighted by Crippen LogP contribution is -2.33. The van der Waals surface area contributed by atoms with Crippen LogP contribution in [-0.2, 0) is 11.2 Å². The molecule has 0 fully saturated rings. The van der Waals surface area contributed by atoms with Gasteiger partial charge >= 0.3 is 0 Å². The Labute approximate surface area is 181 Å². The number of Topliss-reactive ketones (excluding diaryl/α,β-unsaturated/α-hetero) is 1. The molecule has 0 bridgehead atoms. The van der Waals surface area contributed by atoms with Gasteiger partial charge in [-0.1, -0.05) is 11.6 Å². The zero-order valence-electron chi connectivity index (χ0n) is 15.5. The van der Waals surface area contributed by atoms with E-state index in [-0.39, 0.29) is 17.8 Å². The topological polar surface area (TPSA) is 68.3 Å². The summed E-state index contributed by atoms with van der Waals surface area (Å²) in [7, 11) is 0. The van der Waals surface area contributed by atoms with Crippen molar-refractivity contribution in [1.82, 2.24) is 10.3 Å². The molecule has 1 aliphatic heterocycles. The monoisotopic (exact) mass is 444 g/mol. The number of benzene rings is 1. The fourth-order valence-corrected chi connectivity index (χ4v) is 4.76. The van der Waals surface area contributed by atoms with Crippen LogP contribution in [0.2, 0.25) is 5.02 Å². The molecule has 1 amide bonds. The molecule has 1 aliphatic rings. The van der Waals surface area contributed by atoms with Gasteiger partial charge in [-0.3, -0.25) is 9.59 Å². The van der Waals surface area contributed by atoms with Crippen molar-refractivity contribution in [3.63, 3.8) is 0 Å². The maximum atomic E-state index is 12.0. The number of hydrogen-bond acceptors (Lipinski definition) is 6. The molecular weight excluding hydrogens is 428 g/mol. The number of amides is 1. The predicted octanol–water partition coefficient (Wildman–Crippen LogP) is 4.86. The fourth-order valence-electron chi connectivity index (χ4n) is 3.06. The summed E-state index contributed by atoms with van der Waals surface area (Å²) in [6.45, 7) is 1.94.